The topological polar surface area (TPSA) is 80.8 Å². The van der Waals surface area contributed by atoms with Crippen LogP contribution in [0.2, 0.25) is 5.15 Å². The number of halogens is 1. The molecule has 0 amide bonds. The second-order valence-corrected chi connectivity index (χ2v) is 5.69. The smallest absolute Gasteiger partial charge is 0.278 e. The standard InChI is InChI=1S/C16H19ClN4O2/c1-3-16(8-5-9-20-16)15(21(22)23)13(18-4-2)10-12-6-7-14(17)19-11-12/h5-9,11,15H,3-4,10H2,1-2H3. The summed E-state index contributed by atoms with van der Waals surface area (Å²) in [5.74, 6) is 0. The first kappa shape index (κ1) is 17.3. The molecule has 0 aliphatic carbocycles. The van der Waals surface area contributed by atoms with E-state index in [9.17, 15) is 10.1 Å². The van der Waals surface area contributed by atoms with Gasteiger partial charge in [0.15, 0.2) is 5.54 Å². The van der Waals surface area contributed by atoms with E-state index in [0.717, 1.165) is 5.56 Å². The molecule has 0 saturated carbocycles. The van der Waals surface area contributed by atoms with E-state index >= 15 is 0 Å². The van der Waals surface area contributed by atoms with Gasteiger partial charge in [0.2, 0.25) is 0 Å². The summed E-state index contributed by atoms with van der Waals surface area (Å²) in [6, 6.07) is 2.49. The van der Waals surface area contributed by atoms with E-state index in [1.165, 1.54) is 0 Å². The van der Waals surface area contributed by atoms with E-state index < -0.39 is 11.6 Å². The highest BCUT2D eigenvalue weighted by Crippen LogP contribution is 2.29. The Kier molecular flexibility index (Phi) is 5.60. The lowest BCUT2D eigenvalue weighted by Gasteiger charge is -2.27. The van der Waals surface area contributed by atoms with Crippen LogP contribution in [0.5, 0.6) is 0 Å². The minimum atomic E-state index is -0.988. The normalized spacial score (nSPS) is 21.6. The molecule has 0 bridgehead atoms. The fraction of sp³-hybridized carbons (Fsp3) is 0.438. The molecule has 0 aromatic carbocycles. The van der Waals surface area contributed by atoms with Crippen LogP contribution in [0.3, 0.4) is 0 Å². The van der Waals surface area contributed by atoms with Gasteiger partial charge in [0.25, 0.3) is 6.04 Å². The molecule has 0 radical (unpaired) electrons. The molecule has 2 heterocycles. The maximum absolute atomic E-state index is 11.8. The Morgan fingerprint density at radius 1 is 1.48 bits per heavy atom. The van der Waals surface area contributed by atoms with Gasteiger partial charge in [0.1, 0.15) is 5.15 Å². The van der Waals surface area contributed by atoms with Gasteiger partial charge < -0.3 is 0 Å². The summed E-state index contributed by atoms with van der Waals surface area (Å²) in [5.41, 5.74) is 0.481. The van der Waals surface area contributed by atoms with Crippen molar-refractivity contribution in [1.29, 1.82) is 0 Å². The number of nitrogens with zero attached hydrogens (tertiary/aromatic N) is 4. The lowest BCUT2D eigenvalue weighted by Crippen LogP contribution is -2.49. The summed E-state index contributed by atoms with van der Waals surface area (Å²) in [4.78, 5) is 24.3. The number of rotatable bonds is 7. The Morgan fingerprint density at radius 2 is 2.26 bits per heavy atom. The van der Waals surface area contributed by atoms with Crippen molar-refractivity contribution < 1.29 is 4.92 Å². The molecule has 1 aliphatic rings. The van der Waals surface area contributed by atoms with Crippen LogP contribution in [0.4, 0.5) is 0 Å². The second kappa shape index (κ2) is 7.46. The molecule has 2 rings (SSSR count). The largest absolute Gasteiger partial charge is 0.287 e. The number of hydrogen-bond acceptors (Lipinski definition) is 5. The van der Waals surface area contributed by atoms with E-state index in [1.807, 2.05) is 19.9 Å². The minimum absolute atomic E-state index is 0.283. The van der Waals surface area contributed by atoms with E-state index in [2.05, 4.69) is 15.0 Å². The zero-order valence-electron chi connectivity index (χ0n) is 13.1. The third-order valence-corrected chi connectivity index (χ3v) is 4.11. The summed E-state index contributed by atoms with van der Waals surface area (Å²) in [5, 5.41) is 12.2. The van der Waals surface area contributed by atoms with Crippen LogP contribution in [0.25, 0.3) is 0 Å². The predicted molar refractivity (Wildman–Crippen MR) is 92.4 cm³/mol. The lowest BCUT2D eigenvalue weighted by molar-refractivity contribution is -0.511. The molecule has 0 spiro atoms. The van der Waals surface area contributed by atoms with Crippen LogP contribution < -0.4 is 0 Å². The van der Waals surface area contributed by atoms with Gasteiger partial charge in [0, 0.05) is 30.3 Å². The Hall–Kier alpha value is -2.08. The Balaban J connectivity index is 2.38. The average Bonchev–Trinajstić information content (AvgIpc) is 2.99. The van der Waals surface area contributed by atoms with Crippen LogP contribution in [0.1, 0.15) is 25.8 Å². The van der Waals surface area contributed by atoms with Crippen molar-refractivity contribution in [2.75, 3.05) is 6.54 Å². The SMILES string of the molecule is CCN=C(Cc1ccc(Cl)nc1)C([N+](=O)[O-])C1(CC)C=CC=N1. The molecule has 1 aromatic rings. The molecule has 6 nitrogen and oxygen atoms in total. The molecule has 23 heavy (non-hydrogen) atoms. The molecule has 122 valence electrons. The monoisotopic (exact) mass is 334 g/mol. The van der Waals surface area contributed by atoms with Crippen molar-refractivity contribution in [1.82, 2.24) is 4.98 Å². The molecule has 1 aromatic heterocycles. The van der Waals surface area contributed by atoms with Crippen LogP contribution >= 0.6 is 11.6 Å². The van der Waals surface area contributed by atoms with Crippen molar-refractivity contribution in [3.63, 3.8) is 0 Å². The summed E-state index contributed by atoms with van der Waals surface area (Å²) in [6.45, 7) is 4.24. The Morgan fingerprint density at radius 3 is 2.74 bits per heavy atom. The van der Waals surface area contributed by atoms with Gasteiger partial charge in [-0.25, -0.2) is 4.98 Å². The Bertz CT molecular complexity index is 641. The van der Waals surface area contributed by atoms with Gasteiger partial charge in [-0.15, -0.1) is 0 Å². The molecular weight excluding hydrogens is 316 g/mol. The van der Waals surface area contributed by atoms with Crippen molar-refractivity contribution in [3.8, 4) is 0 Å². The summed E-state index contributed by atoms with van der Waals surface area (Å²) < 4.78 is 0. The summed E-state index contributed by atoms with van der Waals surface area (Å²) >= 11 is 5.79. The molecule has 2 unspecified atom stereocenters. The number of allylic oxidation sites excluding steroid dienone is 1. The zero-order valence-corrected chi connectivity index (χ0v) is 13.9. The quantitative estimate of drug-likeness (QED) is 0.332. The maximum atomic E-state index is 11.8. The Labute approximate surface area is 140 Å². The minimum Gasteiger partial charge on any atom is -0.287 e. The molecule has 0 saturated heterocycles. The lowest BCUT2D eigenvalue weighted by atomic mass is 9.84. The number of pyridine rings is 1. The summed E-state index contributed by atoms with van der Waals surface area (Å²) in [6.07, 6.45) is 7.69. The predicted octanol–water partition coefficient (Wildman–Crippen LogP) is 3.17. The van der Waals surface area contributed by atoms with Crippen LogP contribution in [0.15, 0.2) is 40.5 Å². The van der Waals surface area contributed by atoms with Crippen molar-refractivity contribution in [2.45, 2.75) is 38.3 Å². The number of nitro groups is 1. The highest BCUT2D eigenvalue weighted by Gasteiger charge is 2.47. The fourth-order valence-electron chi connectivity index (χ4n) is 2.75. The first-order valence-corrected chi connectivity index (χ1v) is 7.90. The van der Waals surface area contributed by atoms with E-state index in [4.69, 9.17) is 11.6 Å². The third-order valence-electron chi connectivity index (χ3n) is 3.89. The molecule has 2 atom stereocenters. The van der Waals surface area contributed by atoms with Gasteiger partial charge in [-0.2, -0.15) is 0 Å². The van der Waals surface area contributed by atoms with Gasteiger partial charge in [0.05, 0.1) is 5.71 Å². The number of aliphatic imine (C=N–C) groups is 2. The average molecular weight is 335 g/mol. The zero-order chi connectivity index (χ0) is 16.9. The fourth-order valence-corrected chi connectivity index (χ4v) is 2.87. The van der Waals surface area contributed by atoms with Crippen molar-refractivity contribution in [2.24, 2.45) is 9.98 Å². The van der Waals surface area contributed by atoms with E-state index in [-0.39, 0.29) is 4.92 Å². The van der Waals surface area contributed by atoms with E-state index in [1.54, 1.807) is 30.6 Å². The van der Waals surface area contributed by atoms with Crippen molar-refractivity contribution in [3.05, 3.63) is 51.3 Å². The highest BCUT2D eigenvalue weighted by molar-refractivity contribution is 6.29. The first-order valence-electron chi connectivity index (χ1n) is 7.52. The molecule has 0 N–H and O–H groups in total. The number of aromatic nitrogens is 1. The van der Waals surface area contributed by atoms with Crippen LogP contribution in [-0.2, 0) is 6.42 Å². The van der Waals surface area contributed by atoms with Crippen molar-refractivity contribution >= 4 is 23.5 Å². The molecule has 7 heteroatoms. The van der Waals surface area contributed by atoms with Crippen LogP contribution in [-0.4, -0.2) is 40.0 Å². The summed E-state index contributed by atoms with van der Waals surface area (Å²) in [7, 11) is 0. The first-order chi connectivity index (χ1) is 11.0. The number of hydrogen-bond donors (Lipinski definition) is 0. The molecule has 1 aliphatic heterocycles. The molecular formula is C16H19ClN4O2. The van der Waals surface area contributed by atoms with E-state index in [0.29, 0.717) is 30.3 Å². The van der Waals surface area contributed by atoms with Crippen LogP contribution in [0, 0.1) is 10.1 Å². The molecule has 0 fully saturated rings. The highest BCUT2D eigenvalue weighted by atomic mass is 35.5. The van der Waals surface area contributed by atoms with Gasteiger partial charge in [-0.3, -0.25) is 20.1 Å². The van der Waals surface area contributed by atoms with Gasteiger partial charge >= 0.3 is 0 Å². The second-order valence-electron chi connectivity index (χ2n) is 5.30. The maximum Gasteiger partial charge on any atom is 0.278 e. The third kappa shape index (κ3) is 3.82. The van der Waals surface area contributed by atoms with Gasteiger partial charge in [-0.05, 0) is 37.1 Å². The van der Waals surface area contributed by atoms with Gasteiger partial charge in [-0.1, -0.05) is 24.6 Å².